The normalized spacial score (nSPS) is 11.0. The van der Waals surface area contributed by atoms with Crippen molar-refractivity contribution >= 4 is 40.5 Å². The Morgan fingerprint density at radius 2 is 1.82 bits per heavy atom. The van der Waals surface area contributed by atoms with Crippen LogP contribution < -0.4 is 10.6 Å². The van der Waals surface area contributed by atoms with Crippen LogP contribution in [-0.4, -0.2) is 46.4 Å². The number of carbonyl (C=O) groups excluding carboxylic acids is 3. The van der Waals surface area contributed by atoms with Crippen molar-refractivity contribution < 1.29 is 19.1 Å². The molecule has 34 heavy (non-hydrogen) atoms. The van der Waals surface area contributed by atoms with Crippen molar-refractivity contribution in [1.82, 2.24) is 20.6 Å². The second kappa shape index (κ2) is 13.8. The predicted molar refractivity (Wildman–Crippen MR) is 135 cm³/mol. The van der Waals surface area contributed by atoms with Crippen LogP contribution in [0.25, 0.3) is 10.7 Å². The highest BCUT2D eigenvalue weighted by Crippen LogP contribution is 2.26. The van der Waals surface area contributed by atoms with E-state index < -0.39 is 11.7 Å². The van der Waals surface area contributed by atoms with Gasteiger partial charge in [-0.25, -0.2) is 14.8 Å². The number of nitrogens with zero attached hydrogens (tertiary/aromatic N) is 2. The van der Waals surface area contributed by atoms with Gasteiger partial charge in [0.1, 0.15) is 22.0 Å². The van der Waals surface area contributed by atoms with Gasteiger partial charge in [0.05, 0.1) is 5.01 Å². The van der Waals surface area contributed by atoms with Gasteiger partial charge in [-0.3, -0.25) is 9.59 Å². The van der Waals surface area contributed by atoms with Crippen LogP contribution in [0.2, 0.25) is 0 Å². The van der Waals surface area contributed by atoms with Crippen molar-refractivity contribution in [2.45, 2.75) is 71.3 Å². The maximum Gasteiger partial charge on any atom is 0.407 e. The molecule has 0 aromatic carbocycles. The summed E-state index contributed by atoms with van der Waals surface area (Å²) in [5.74, 6) is 2.40. The van der Waals surface area contributed by atoms with Crippen LogP contribution in [0.5, 0.6) is 0 Å². The number of ether oxygens (including phenoxy) is 1. The molecule has 2 heterocycles. The van der Waals surface area contributed by atoms with E-state index >= 15 is 0 Å². The zero-order valence-electron chi connectivity index (χ0n) is 19.9. The maximum atomic E-state index is 12.5. The standard InChI is InChI=1S/C24H32N4O4S2/c1-5-6-11-20(30)25-14-12-21-27-18(16-33-21)22-28-17(15-34-22)19(29)10-8-7-9-13-26-23(31)32-24(2,3)4/h1,15-16H,6-14H2,2-4H3,(H,25,30)(H,26,31). The summed E-state index contributed by atoms with van der Waals surface area (Å²) in [5, 5.41) is 10.8. The van der Waals surface area contributed by atoms with E-state index in [2.05, 4.69) is 26.5 Å². The molecule has 8 nitrogen and oxygen atoms in total. The van der Waals surface area contributed by atoms with Gasteiger partial charge in [-0.1, -0.05) is 6.42 Å². The molecule has 2 aromatic heterocycles. The van der Waals surface area contributed by atoms with Gasteiger partial charge in [-0.05, 0) is 33.6 Å². The highest BCUT2D eigenvalue weighted by atomic mass is 32.1. The molecule has 184 valence electrons. The molecule has 2 aromatic rings. The lowest BCUT2D eigenvalue weighted by molar-refractivity contribution is -0.120. The molecule has 0 spiro atoms. The minimum atomic E-state index is -0.511. The highest BCUT2D eigenvalue weighted by Gasteiger charge is 2.16. The van der Waals surface area contributed by atoms with E-state index in [-0.39, 0.29) is 11.7 Å². The topological polar surface area (TPSA) is 110 Å². The number of thiazole rings is 2. The van der Waals surface area contributed by atoms with Crippen molar-refractivity contribution in [3.63, 3.8) is 0 Å². The van der Waals surface area contributed by atoms with Crippen molar-refractivity contribution in [3.8, 4) is 23.0 Å². The van der Waals surface area contributed by atoms with Crippen LogP contribution in [0, 0.1) is 12.3 Å². The average molecular weight is 505 g/mol. The van der Waals surface area contributed by atoms with Gasteiger partial charge in [0.2, 0.25) is 5.91 Å². The number of hydrogen-bond acceptors (Lipinski definition) is 8. The fraction of sp³-hybridized carbons (Fsp3) is 0.542. The molecule has 0 atom stereocenters. The number of nitrogens with one attached hydrogen (secondary N) is 2. The molecule has 0 bridgehead atoms. The first-order valence-corrected chi connectivity index (χ1v) is 13.0. The molecule has 0 aliphatic carbocycles. The number of amides is 2. The van der Waals surface area contributed by atoms with Crippen molar-refractivity contribution in [1.29, 1.82) is 0 Å². The Kier molecular flexibility index (Phi) is 11.2. The summed E-state index contributed by atoms with van der Waals surface area (Å²) >= 11 is 2.91. The number of unbranched alkanes of at least 4 members (excludes halogenated alkanes) is 2. The fourth-order valence-electron chi connectivity index (χ4n) is 2.85. The molecule has 2 amide bonds. The minimum Gasteiger partial charge on any atom is -0.444 e. The van der Waals surface area contributed by atoms with E-state index in [9.17, 15) is 14.4 Å². The third-order valence-electron chi connectivity index (χ3n) is 4.47. The smallest absolute Gasteiger partial charge is 0.407 e. The Morgan fingerprint density at radius 3 is 2.56 bits per heavy atom. The van der Waals surface area contributed by atoms with Gasteiger partial charge in [0.15, 0.2) is 5.78 Å². The Hall–Kier alpha value is -2.77. The quantitative estimate of drug-likeness (QED) is 0.234. The monoisotopic (exact) mass is 504 g/mol. The van der Waals surface area contributed by atoms with E-state index in [0.717, 1.165) is 30.0 Å². The van der Waals surface area contributed by atoms with Gasteiger partial charge in [-0.2, -0.15) is 0 Å². The Morgan fingerprint density at radius 1 is 1.03 bits per heavy atom. The highest BCUT2D eigenvalue weighted by molar-refractivity contribution is 7.14. The van der Waals surface area contributed by atoms with Crippen LogP contribution in [-0.2, 0) is 16.0 Å². The Labute approximate surface area is 208 Å². The number of ketones is 1. The molecule has 0 unspecified atom stereocenters. The number of aromatic nitrogens is 2. The third kappa shape index (κ3) is 10.4. The molecule has 0 aliphatic heterocycles. The van der Waals surface area contributed by atoms with E-state index in [1.165, 1.54) is 22.7 Å². The first kappa shape index (κ1) is 27.5. The van der Waals surface area contributed by atoms with Crippen LogP contribution in [0.4, 0.5) is 4.79 Å². The molecule has 10 heteroatoms. The minimum absolute atomic E-state index is 0.00716. The van der Waals surface area contributed by atoms with Gasteiger partial charge in [-0.15, -0.1) is 35.0 Å². The summed E-state index contributed by atoms with van der Waals surface area (Å²) in [6.45, 7) is 6.49. The lowest BCUT2D eigenvalue weighted by Crippen LogP contribution is -2.32. The molecular weight excluding hydrogens is 472 g/mol. The van der Waals surface area contributed by atoms with E-state index in [0.29, 0.717) is 49.5 Å². The average Bonchev–Trinajstić information content (AvgIpc) is 3.43. The van der Waals surface area contributed by atoms with Gasteiger partial charge in [0, 0.05) is 49.5 Å². The molecular formula is C24H32N4O4S2. The largest absolute Gasteiger partial charge is 0.444 e. The molecule has 0 radical (unpaired) electrons. The Bertz CT molecular complexity index is 1000. The van der Waals surface area contributed by atoms with Gasteiger partial charge >= 0.3 is 6.09 Å². The number of hydrogen-bond donors (Lipinski definition) is 2. The molecule has 2 N–H and O–H groups in total. The fourth-order valence-corrected chi connectivity index (χ4v) is 4.49. The lowest BCUT2D eigenvalue weighted by Gasteiger charge is -2.19. The lowest BCUT2D eigenvalue weighted by atomic mass is 10.1. The second-order valence-corrected chi connectivity index (χ2v) is 10.4. The molecule has 0 aliphatic rings. The summed E-state index contributed by atoms with van der Waals surface area (Å²) < 4.78 is 5.18. The van der Waals surface area contributed by atoms with Crippen molar-refractivity contribution in [3.05, 3.63) is 21.5 Å². The number of terminal acetylenes is 1. The van der Waals surface area contributed by atoms with Crippen LogP contribution in [0.1, 0.15) is 74.8 Å². The van der Waals surface area contributed by atoms with E-state index in [1.807, 2.05) is 26.2 Å². The SMILES string of the molecule is C#CCCC(=O)NCCc1nc(-c2nc(C(=O)CCCCCNC(=O)OC(C)(C)C)cs2)cs1. The number of alkyl carbamates (subject to hydrolysis) is 1. The second-order valence-electron chi connectivity index (χ2n) is 8.63. The number of Topliss-reactive ketones (excluding diaryl/α,β-unsaturated/α-hetero) is 1. The first-order valence-electron chi connectivity index (χ1n) is 11.3. The third-order valence-corrected chi connectivity index (χ3v) is 6.24. The van der Waals surface area contributed by atoms with Crippen molar-refractivity contribution in [2.75, 3.05) is 13.1 Å². The zero-order chi connectivity index (χ0) is 25.0. The van der Waals surface area contributed by atoms with Gasteiger partial charge in [0.25, 0.3) is 0 Å². The summed E-state index contributed by atoms with van der Waals surface area (Å²) in [7, 11) is 0. The summed E-state index contributed by atoms with van der Waals surface area (Å²) in [6.07, 6.45) is 8.89. The zero-order valence-corrected chi connectivity index (χ0v) is 21.6. The number of rotatable bonds is 13. The molecule has 0 fully saturated rings. The Balaban J connectivity index is 1.69. The molecule has 2 rings (SSSR count). The first-order chi connectivity index (χ1) is 16.2. The van der Waals surface area contributed by atoms with Crippen LogP contribution in [0.15, 0.2) is 10.8 Å². The van der Waals surface area contributed by atoms with Crippen LogP contribution >= 0.6 is 22.7 Å². The number of carbonyl (C=O) groups is 3. The van der Waals surface area contributed by atoms with E-state index in [1.54, 1.807) is 5.38 Å². The summed E-state index contributed by atoms with van der Waals surface area (Å²) in [5.41, 5.74) is 0.696. The summed E-state index contributed by atoms with van der Waals surface area (Å²) in [6, 6.07) is 0. The van der Waals surface area contributed by atoms with Crippen molar-refractivity contribution in [2.24, 2.45) is 0 Å². The maximum absolute atomic E-state index is 12.5. The summed E-state index contributed by atoms with van der Waals surface area (Å²) in [4.78, 5) is 44.7. The van der Waals surface area contributed by atoms with E-state index in [4.69, 9.17) is 11.2 Å². The molecule has 0 saturated carbocycles. The molecule has 0 saturated heterocycles. The van der Waals surface area contributed by atoms with Gasteiger partial charge < -0.3 is 15.4 Å². The predicted octanol–water partition coefficient (Wildman–Crippen LogP) is 4.61. The van der Waals surface area contributed by atoms with Crippen LogP contribution in [0.3, 0.4) is 0 Å².